The molecule has 0 unspecified atom stereocenters. The Morgan fingerprint density at radius 1 is 0.559 bits per heavy atom. The molecule has 4 heterocycles. The van der Waals surface area contributed by atoms with Gasteiger partial charge in [-0.3, -0.25) is 0 Å². The summed E-state index contributed by atoms with van der Waals surface area (Å²) in [6, 6.07) is 22.3. The first-order valence-electron chi connectivity index (χ1n) is 11.7. The number of fused-ring (bicyclic) bond motifs is 11. The number of pyridine rings is 2. The summed E-state index contributed by atoms with van der Waals surface area (Å²) in [4.78, 5) is 0. The molecular weight excluding hydrogens is 548 g/mol. The molecule has 0 atom stereocenters. The number of rotatable bonds is 0. The van der Waals surface area contributed by atoms with E-state index in [-0.39, 0.29) is 34.0 Å². The van der Waals surface area contributed by atoms with Gasteiger partial charge < -0.3 is 34.0 Å². The van der Waals surface area contributed by atoms with Crippen molar-refractivity contribution in [2.24, 2.45) is 0 Å². The van der Waals surface area contributed by atoms with Crippen LogP contribution in [0.4, 0.5) is 0 Å². The summed E-state index contributed by atoms with van der Waals surface area (Å²) in [6.07, 6.45) is 6.77. The van der Waals surface area contributed by atoms with E-state index < -0.39 is 0 Å². The van der Waals surface area contributed by atoms with Crippen molar-refractivity contribution >= 4 is 21.5 Å². The predicted octanol–water partition coefficient (Wildman–Crippen LogP) is -0.361. The molecule has 2 aromatic heterocycles. The molecule has 7 rings (SSSR count). The van der Waals surface area contributed by atoms with Gasteiger partial charge >= 0.3 is 0 Å². The van der Waals surface area contributed by atoms with Gasteiger partial charge in [0, 0.05) is 25.0 Å². The van der Waals surface area contributed by atoms with E-state index in [2.05, 4.69) is 96.0 Å². The lowest BCUT2D eigenvalue weighted by Gasteiger charge is -2.27. The molecule has 0 aliphatic carbocycles. The number of benzene rings is 3. The maximum atomic E-state index is 2.49. The summed E-state index contributed by atoms with van der Waals surface area (Å²) >= 11 is 0. The molecule has 2 aliphatic rings. The van der Waals surface area contributed by atoms with Crippen LogP contribution in [0.1, 0.15) is 22.3 Å². The van der Waals surface area contributed by atoms with E-state index in [1.807, 2.05) is 0 Å². The number of halogens is 2. The van der Waals surface area contributed by atoms with Gasteiger partial charge in [-0.2, -0.15) is 9.13 Å². The lowest BCUT2D eigenvalue weighted by molar-refractivity contribution is -0.688. The molecule has 5 aromatic rings. The number of aryl methyl sites for hydroxylation is 2. The number of hydrogen-bond acceptors (Lipinski definition) is 0. The van der Waals surface area contributed by atoms with Crippen molar-refractivity contribution in [2.45, 2.75) is 39.8 Å². The molecule has 0 spiro atoms. The normalized spacial score (nSPS) is 13.2. The number of nitrogens with zero attached hydrogens (tertiary/aromatic N) is 2. The molecule has 4 heteroatoms. The van der Waals surface area contributed by atoms with Crippen LogP contribution in [-0.4, -0.2) is 0 Å². The van der Waals surface area contributed by atoms with Crippen molar-refractivity contribution < 1.29 is 43.1 Å². The van der Waals surface area contributed by atoms with Gasteiger partial charge in [0.25, 0.3) is 0 Å². The Morgan fingerprint density at radius 3 is 1.41 bits per heavy atom. The summed E-state index contributed by atoms with van der Waals surface area (Å²) in [5.41, 5.74) is 11.8. The highest BCUT2D eigenvalue weighted by Crippen LogP contribution is 2.46. The third kappa shape index (κ3) is 3.11. The second-order valence-electron chi connectivity index (χ2n) is 9.35. The van der Waals surface area contributed by atoms with Crippen molar-refractivity contribution in [1.29, 1.82) is 0 Å². The standard InChI is InChI=1S/C30H26N2.2BrH/c1-19-20(2)24-14-18-32-16-12-22-8-4-6-10-26(22)30(32)28(24)27-23(19)13-17-31-15-11-21-7-3-5-9-25(21)29(27)31;;/h3-12,15-16H,13-14,17-18H2,1-2H3;2*1H/q+2;;/p-2. The van der Waals surface area contributed by atoms with Crippen LogP contribution in [0.3, 0.4) is 0 Å². The zero-order valence-corrected chi connectivity index (χ0v) is 22.6. The molecule has 0 bridgehead atoms. The van der Waals surface area contributed by atoms with E-state index in [1.54, 1.807) is 11.1 Å². The molecule has 0 saturated heterocycles. The second-order valence-corrected chi connectivity index (χ2v) is 9.35. The van der Waals surface area contributed by atoms with Crippen molar-refractivity contribution in [3.05, 3.63) is 95.3 Å². The first-order valence-corrected chi connectivity index (χ1v) is 11.7. The molecule has 3 aromatic carbocycles. The van der Waals surface area contributed by atoms with Gasteiger partial charge in [0.1, 0.15) is 0 Å². The molecular formula is C30H26Br2N2. The van der Waals surface area contributed by atoms with Crippen LogP contribution in [0.15, 0.2) is 73.1 Å². The predicted molar refractivity (Wildman–Crippen MR) is 130 cm³/mol. The molecule has 0 saturated carbocycles. The second kappa shape index (κ2) is 8.58. The molecule has 170 valence electrons. The van der Waals surface area contributed by atoms with Crippen LogP contribution < -0.4 is 43.1 Å². The third-order valence-electron chi connectivity index (χ3n) is 7.87. The van der Waals surface area contributed by atoms with E-state index in [0.29, 0.717) is 0 Å². The van der Waals surface area contributed by atoms with E-state index in [9.17, 15) is 0 Å². The topological polar surface area (TPSA) is 7.76 Å². The minimum Gasteiger partial charge on any atom is -1.00 e. The highest BCUT2D eigenvalue weighted by Gasteiger charge is 2.37. The maximum absolute atomic E-state index is 2.49. The molecule has 0 radical (unpaired) electrons. The van der Waals surface area contributed by atoms with Crippen LogP contribution in [0.2, 0.25) is 0 Å². The molecule has 0 N–H and O–H groups in total. The monoisotopic (exact) mass is 572 g/mol. The van der Waals surface area contributed by atoms with E-state index >= 15 is 0 Å². The van der Waals surface area contributed by atoms with Gasteiger partial charge in [-0.15, -0.1) is 0 Å². The van der Waals surface area contributed by atoms with Crippen molar-refractivity contribution in [1.82, 2.24) is 0 Å². The van der Waals surface area contributed by atoms with E-state index in [1.165, 1.54) is 55.2 Å². The largest absolute Gasteiger partial charge is 1.00 e. The van der Waals surface area contributed by atoms with Gasteiger partial charge in [-0.1, -0.05) is 36.4 Å². The highest BCUT2D eigenvalue weighted by atomic mass is 79.9. The highest BCUT2D eigenvalue weighted by molar-refractivity contribution is 6.03. The molecule has 0 fully saturated rings. The van der Waals surface area contributed by atoms with Gasteiger partial charge in [-0.25, -0.2) is 0 Å². The van der Waals surface area contributed by atoms with Crippen LogP contribution in [0.5, 0.6) is 0 Å². The summed E-state index contributed by atoms with van der Waals surface area (Å²) in [6.45, 7) is 6.78. The maximum Gasteiger partial charge on any atom is 0.221 e. The van der Waals surface area contributed by atoms with Crippen LogP contribution in [-0.2, 0) is 25.9 Å². The first kappa shape index (κ1) is 23.2. The number of hydrogen-bond donors (Lipinski definition) is 0. The molecule has 2 aliphatic heterocycles. The smallest absolute Gasteiger partial charge is 0.221 e. The van der Waals surface area contributed by atoms with Crippen molar-refractivity contribution in [2.75, 3.05) is 0 Å². The summed E-state index contributed by atoms with van der Waals surface area (Å²) < 4.78 is 4.98. The van der Waals surface area contributed by atoms with E-state index in [4.69, 9.17) is 0 Å². The van der Waals surface area contributed by atoms with Crippen LogP contribution in [0, 0.1) is 13.8 Å². The Labute approximate surface area is 221 Å². The Morgan fingerprint density at radius 2 is 0.971 bits per heavy atom. The Hall–Kier alpha value is -2.56. The average Bonchev–Trinajstić information content (AvgIpc) is 2.85. The Kier molecular flexibility index (Phi) is 5.86. The lowest BCUT2D eigenvalue weighted by atomic mass is 9.78. The minimum absolute atomic E-state index is 0. The summed E-state index contributed by atoms with van der Waals surface area (Å²) in [5, 5.41) is 5.36. The number of aromatic nitrogens is 2. The van der Waals surface area contributed by atoms with Crippen molar-refractivity contribution in [3.8, 4) is 22.5 Å². The van der Waals surface area contributed by atoms with Gasteiger partial charge in [-0.05, 0) is 59.0 Å². The zero-order chi connectivity index (χ0) is 21.4. The van der Waals surface area contributed by atoms with Crippen LogP contribution in [0.25, 0.3) is 44.1 Å². The average molecular weight is 574 g/mol. The lowest BCUT2D eigenvalue weighted by Crippen LogP contribution is -3.00. The SMILES string of the molecule is Cc1c(C)c2c(c3c1CC[n+]1ccc4ccccc4c1-3)-c1c3ccccc3cc[n+]1CC2.[Br-].[Br-]. The van der Waals surface area contributed by atoms with Crippen LogP contribution >= 0.6 is 0 Å². The quantitative estimate of drug-likeness (QED) is 0.224. The third-order valence-corrected chi connectivity index (χ3v) is 7.87. The zero-order valence-electron chi connectivity index (χ0n) is 19.4. The van der Waals surface area contributed by atoms with Gasteiger partial charge in [0.05, 0.1) is 21.9 Å². The molecule has 0 amide bonds. The summed E-state index contributed by atoms with van der Waals surface area (Å²) in [5.74, 6) is 0. The summed E-state index contributed by atoms with van der Waals surface area (Å²) in [7, 11) is 0. The minimum atomic E-state index is 0. The Balaban J connectivity index is 0.00000120. The molecule has 2 nitrogen and oxygen atoms in total. The Bertz CT molecular complexity index is 1480. The van der Waals surface area contributed by atoms with E-state index in [0.717, 1.165) is 25.9 Å². The van der Waals surface area contributed by atoms with Gasteiger partial charge in [0.15, 0.2) is 25.5 Å². The van der Waals surface area contributed by atoms with Gasteiger partial charge in [0.2, 0.25) is 11.4 Å². The van der Waals surface area contributed by atoms with Crippen molar-refractivity contribution in [3.63, 3.8) is 0 Å². The molecule has 34 heavy (non-hydrogen) atoms. The fourth-order valence-electron chi connectivity index (χ4n) is 6.19. The fraction of sp³-hybridized carbons (Fsp3) is 0.200. The fourth-order valence-corrected chi connectivity index (χ4v) is 6.19. The first-order chi connectivity index (χ1) is 15.7.